The van der Waals surface area contributed by atoms with Gasteiger partial charge in [0.2, 0.25) is 12.3 Å². The molecule has 0 aliphatic carbocycles. The molecule has 0 aliphatic heterocycles. The van der Waals surface area contributed by atoms with E-state index in [-0.39, 0.29) is 5.91 Å². The third-order valence-electron chi connectivity index (χ3n) is 1.47. The summed E-state index contributed by atoms with van der Waals surface area (Å²) < 4.78 is 0. The molecule has 0 unspecified atom stereocenters. The molecule has 0 atom stereocenters. The minimum Gasteiger partial charge on any atom is -0.359 e. The Morgan fingerprint density at radius 2 is 2.08 bits per heavy atom. The molecule has 2 amide bonds. The van der Waals surface area contributed by atoms with Crippen molar-refractivity contribution in [3.05, 3.63) is 0 Å². The van der Waals surface area contributed by atoms with Gasteiger partial charge in [0.25, 0.3) is 0 Å². The number of nitrogens with one attached hydrogen (secondary N) is 2. The second-order valence-corrected chi connectivity index (χ2v) is 2.45. The van der Waals surface area contributed by atoms with Gasteiger partial charge in [-0.1, -0.05) is 6.42 Å². The first-order valence-corrected chi connectivity index (χ1v) is 3.97. The van der Waals surface area contributed by atoms with Crippen LogP contribution in [0.3, 0.4) is 0 Å². The SMILES string of the molecule is NNC(=O)CCCCCNC=O. The molecular formula is C7H15N3O2. The maximum Gasteiger partial charge on any atom is 0.233 e. The summed E-state index contributed by atoms with van der Waals surface area (Å²) in [5.41, 5.74) is 2.06. The molecule has 0 aliphatic rings. The van der Waals surface area contributed by atoms with Crippen LogP contribution in [-0.2, 0) is 9.59 Å². The summed E-state index contributed by atoms with van der Waals surface area (Å²) in [6.45, 7) is 0.674. The van der Waals surface area contributed by atoms with Crippen molar-refractivity contribution in [3.8, 4) is 0 Å². The zero-order chi connectivity index (χ0) is 9.23. The highest BCUT2D eigenvalue weighted by Gasteiger charge is 1.96. The van der Waals surface area contributed by atoms with Crippen LogP contribution in [0.4, 0.5) is 0 Å². The minimum atomic E-state index is -0.140. The van der Waals surface area contributed by atoms with Gasteiger partial charge in [-0.2, -0.15) is 0 Å². The van der Waals surface area contributed by atoms with Crippen LogP contribution in [0, 0.1) is 0 Å². The van der Waals surface area contributed by atoms with E-state index < -0.39 is 0 Å². The Kier molecular flexibility index (Phi) is 7.27. The van der Waals surface area contributed by atoms with Crippen LogP contribution in [0.5, 0.6) is 0 Å². The molecule has 0 aromatic rings. The van der Waals surface area contributed by atoms with Crippen LogP contribution < -0.4 is 16.6 Å². The molecule has 12 heavy (non-hydrogen) atoms. The van der Waals surface area contributed by atoms with Gasteiger partial charge in [-0.15, -0.1) is 0 Å². The Morgan fingerprint density at radius 3 is 2.67 bits per heavy atom. The first-order valence-electron chi connectivity index (χ1n) is 3.97. The van der Waals surface area contributed by atoms with E-state index >= 15 is 0 Å². The number of hydrogen-bond acceptors (Lipinski definition) is 3. The molecule has 0 heterocycles. The number of nitrogens with two attached hydrogens (primary N) is 1. The lowest BCUT2D eigenvalue weighted by atomic mass is 10.2. The van der Waals surface area contributed by atoms with Gasteiger partial charge in [-0.25, -0.2) is 5.84 Å². The molecule has 0 rings (SSSR count). The molecule has 0 aromatic heterocycles. The van der Waals surface area contributed by atoms with Crippen LogP contribution in [0.25, 0.3) is 0 Å². The van der Waals surface area contributed by atoms with Gasteiger partial charge in [-0.3, -0.25) is 15.0 Å². The average molecular weight is 173 g/mol. The summed E-state index contributed by atoms with van der Waals surface area (Å²) in [6.07, 6.45) is 3.76. The maximum absolute atomic E-state index is 10.6. The predicted molar refractivity (Wildman–Crippen MR) is 44.9 cm³/mol. The zero-order valence-electron chi connectivity index (χ0n) is 7.01. The zero-order valence-corrected chi connectivity index (χ0v) is 7.01. The van der Waals surface area contributed by atoms with Gasteiger partial charge >= 0.3 is 0 Å². The Balaban J connectivity index is 3.00. The van der Waals surface area contributed by atoms with Crippen molar-refractivity contribution in [1.29, 1.82) is 0 Å². The predicted octanol–water partition coefficient (Wildman–Crippen LogP) is -0.717. The van der Waals surface area contributed by atoms with Crippen LogP contribution >= 0.6 is 0 Å². The molecule has 0 fully saturated rings. The highest BCUT2D eigenvalue weighted by atomic mass is 16.2. The Hall–Kier alpha value is -1.10. The molecular weight excluding hydrogens is 158 g/mol. The molecule has 0 saturated carbocycles. The molecule has 70 valence electrons. The number of carbonyl (C=O) groups is 2. The topological polar surface area (TPSA) is 84.2 Å². The van der Waals surface area contributed by atoms with E-state index in [0.717, 1.165) is 19.3 Å². The molecule has 0 spiro atoms. The first-order chi connectivity index (χ1) is 5.81. The quantitative estimate of drug-likeness (QED) is 0.156. The Bertz CT molecular complexity index is 139. The lowest BCUT2D eigenvalue weighted by Crippen LogP contribution is -2.29. The summed E-state index contributed by atoms with van der Waals surface area (Å²) in [5, 5.41) is 2.54. The maximum atomic E-state index is 10.6. The van der Waals surface area contributed by atoms with Crippen molar-refractivity contribution < 1.29 is 9.59 Å². The second kappa shape index (κ2) is 8.00. The molecule has 0 bridgehead atoms. The van der Waals surface area contributed by atoms with E-state index in [1.165, 1.54) is 0 Å². The molecule has 0 saturated heterocycles. The Labute approximate surface area is 71.7 Å². The monoisotopic (exact) mass is 173 g/mol. The van der Waals surface area contributed by atoms with E-state index in [1.54, 1.807) is 0 Å². The number of carbonyl (C=O) groups excluding carboxylic acids is 2. The number of rotatable bonds is 7. The van der Waals surface area contributed by atoms with Gasteiger partial charge in [0.1, 0.15) is 0 Å². The smallest absolute Gasteiger partial charge is 0.233 e. The van der Waals surface area contributed by atoms with Gasteiger partial charge in [0.05, 0.1) is 0 Å². The number of unbranched alkanes of at least 4 members (excludes halogenated alkanes) is 2. The van der Waals surface area contributed by atoms with E-state index in [4.69, 9.17) is 5.84 Å². The van der Waals surface area contributed by atoms with Gasteiger partial charge in [0, 0.05) is 13.0 Å². The lowest BCUT2D eigenvalue weighted by molar-refractivity contribution is -0.121. The van der Waals surface area contributed by atoms with E-state index in [2.05, 4.69) is 10.7 Å². The summed E-state index contributed by atoms with van der Waals surface area (Å²) >= 11 is 0. The van der Waals surface area contributed by atoms with Crippen molar-refractivity contribution in [2.45, 2.75) is 25.7 Å². The van der Waals surface area contributed by atoms with Gasteiger partial charge in [0.15, 0.2) is 0 Å². The number of amides is 2. The first kappa shape index (κ1) is 10.9. The fourth-order valence-corrected chi connectivity index (χ4v) is 0.820. The van der Waals surface area contributed by atoms with Gasteiger partial charge in [-0.05, 0) is 12.8 Å². The highest BCUT2D eigenvalue weighted by molar-refractivity contribution is 5.74. The fraction of sp³-hybridized carbons (Fsp3) is 0.714. The van der Waals surface area contributed by atoms with Crippen molar-refractivity contribution in [2.24, 2.45) is 5.84 Å². The normalized spacial score (nSPS) is 9.08. The third kappa shape index (κ3) is 7.01. The fourth-order valence-electron chi connectivity index (χ4n) is 0.820. The van der Waals surface area contributed by atoms with Crippen molar-refractivity contribution >= 4 is 12.3 Å². The Morgan fingerprint density at radius 1 is 1.33 bits per heavy atom. The van der Waals surface area contributed by atoms with E-state index in [0.29, 0.717) is 19.4 Å². The van der Waals surface area contributed by atoms with Crippen LogP contribution in [-0.4, -0.2) is 18.9 Å². The second-order valence-electron chi connectivity index (χ2n) is 2.45. The standard InChI is InChI=1S/C7H15N3O2/c8-10-7(12)4-2-1-3-5-9-6-11/h6H,1-5,8H2,(H,9,11)(H,10,12). The minimum absolute atomic E-state index is 0.140. The summed E-state index contributed by atoms with van der Waals surface area (Å²) in [5.74, 6) is 4.74. The molecule has 5 nitrogen and oxygen atoms in total. The molecule has 4 N–H and O–H groups in total. The number of hydrogen-bond donors (Lipinski definition) is 3. The lowest BCUT2D eigenvalue weighted by Gasteiger charge is -1.99. The van der Waals surface area contributed by atoms with Crippen molar-refractivity contribution in [1.82, 2.24) is 10.7 Å². The van der Waals surface area contributed by atoms with Crippen LogP contribution in [0.15, 0.2) is 0 Å². The third-order valence-corrected chi connectivity index (χ3v) is 1.47. The highest BCUT2D eigenvalue weighted by Crippen LogP contribution is 1.97. The average Bonchev–Trinajstić information content (AvgIpc) is 2.10. The summed E-state index contributed by atoms with van der Waals surface area (Å²) in [6, 6.07) is 0. The molecule has 5 heteroatoms. The van der Waals surface area contributed by atoms with Crippen LogP contribution in [0.2, 0.25) is 0 Å². The van der Waals surface area contributed by atoms with Crippen molar-refractivity contribution in [2.75, 3.05) is 6.54 Å². The van der Waals surface area contributed by atoms with Crippen LogP contribution in [0.1, 0.15) is 25.7 Å². The molecule has 0 aromatic carbocycles. The largest absolute Gasteiger partial charge is 0.359 e. The number of hydrazine groups is 1. The summed E-state index contributed by atoms with van der Waals surface area (Å²) in [4.78, 5) is 20.4. The van der Waals surface area contributed by atoms with Gasteiger partial charge < -0.3 is 5.32 Å². The van der Waals surface area contributed by atoms with Crippen molar-refractivity contribution in [3.63, 3.8) is 0 Å². The molecule has 0 radical (unpaired) electrons. The van der Waals surface area contributed by atoms with E-state index in [1.807, 2.05) is 0 Å². The van der Waals surface area contributed by atoms with E-state index in [9.17, 15) is 9.59 Å². The summed E-state index contributed by atoms with van der Waals surface area (Å²) in [7, 11) is 0.